The van der Waals surface area contributed by atoms with Crippen LogP contribution in [0.1, 0.15) is 43.8 Å². The van der Waals surface area contributed by atoms with Gasteiger partial charge in [-0.25, -0.2) is 4.90 Å². The second-order valence-corrected chi connectivity index (χ2v) is 11.0. The lowest BCUT2D eigenvalue weighted by atomic mass is 10.1. The van der Waals surface area contributed by atoms with Gasteiger partial charge in [0.15, 0.2) is 0 Å². The first kappa shape index (κ1) is 27.5. The van der Waals surface area contributed by atoms with Crippen molar-refractivity contribution < 1.29 is 23.9 Å². The number of carbonyl (C=O) groups excluding carboxylic acids is 4. The molecule has 5 rings (SSSR count). The SMILES string of the molecule is Cc1ccc(N2C[C@@H](C(=O)Oc3ccc(N4C(=O)c5c(Cl)c(Cl)c(Cl)c(Cl)c5C4=O)c(C)c3)CC2=O)c(C)c1. The molecule has 7 nitrogen and oxygen atoms in total. The highest BCUT2D eigenvalue weighted by Crippen LogP contribution is 2.46. The van der Waals surface area contributed by atoms with Crippen molar-refractivity contribution in [3.8, 4) is 5.75 Å². The van der Waals surface area contributed by atoms with E-state index in [1.54, 1.807) is 11.8 Å². The van der Waals surface area contributed by atoms with Gasteiger partial charge in [-0.3, -0.25) is 19.2 Å². The average molecular weight is 606 g/mol. The van der Waals surface area contributed by atoms with Gasteiger partial charge in [0.05, 0.1) is 42.8 Å². The molecule has 0 aliphatic carbocycles. The number of esters is 1. The molecule has 0 unspecified atom stereocenters. The molecule has 1 saturated heterocycles. The zero-order valence-corrected chi connectivity index (χ0v) is 23.9. The van der Waals surface area contributed by atoms with E-state index in [0.717, 1.165) is 21.7 Å². The molecule has 3 aromatic carbocycles. The van der Waals surface area contributed by atoms with Crippen molar-refractivity contribution >= 4 is 81.5 Å². The van der Waals surface area contributed by atoms with Crippen LogP contribution in [-0.2, 0) is 9.59 Å². The number of rotatable bonds is 4. The normalized spacial score (nSPS) is 16.8. The maximum atomic E-state index is 13.2. The molecule has 2 aliphatic rings. The minimum absolute atomic E-state index is 0.0326. The molecule has 0 spiro atoms. The lowest BCUT2D eigenvalue weighted by Gasteiger charge is -2.19. The number of carbonyl (C=O) groups is 4. The summed E-state index contributed by atoms with van der Waals surface area (Å²) in [5.74, 6) is -2.55. The molecule has 39 heavy (non-hydrogen) atoms. The number of nitrogens with zero attached hydrogens (tertiary/aromatic N) is 2. The lowest BCUT2D eigenvalue weighted by molar-refractivity contribution is -0.139. The van der Waals surface area contributed by atoms with Crippen molar-refractivity contribution in [1.29, 1.82) is 0 Å². The van der Waals surface area contributed by atoms with E-state index >= 15 is 0 Å². The number of hydrogen-bond acceptors (Lipinski definition) is 5. The van der Waals surface area contributed by atoms with Crippen LogP contribution in [0.5, 0.6) is 5.75 Å². The number of ether oxygens (including phenoxy) is 1. The van der Waals surface area contributed by atoms with E-state index in [0.29, 0.717) is 5.56 Å². The molecule has 11 heteroatoms. The zero-order chi connectivity index (χ0) is 28.3. The van der Waals surface area contributed by atoms with Crippen LogP contribution < -0.4 is 14.5 Å². The number of anilines is 2. The Hall–Kier alpha value is -3.10. The summed E-state index contributed by atoms with van der Waals surface area (Å²) >= 11 is 24.6. The average Bonchev–Trinajstić information content (AvgIpc) is 3.38. The Morgan fingerprint density at radius 1 is 0.795 bits per heavy atom. The van der Waals surface area contributed by atoms with Crippen LogP contribution in [0.2, 0.25) is 20.1 Å². The molecule has 1 fully saturated rings. The van der Waals surface area contributed by atoms with Gasteiger partial charge in [0.2, 0.25) is 5.91 Å². The first-order valence-electron chi connectivity index (χ1n) is 11.8. The summed E-state index contributed by atoms with van der Waals surface area (Å²) in [6.45, 7) is 5.76. The number of halogens is 4. The first-order chi connectivity index (χ1) is 18.4. The van der Waals surface area contributed by atoms with Crippen LogP contribution >= 0.6 is 46.4 Å². The third-order valence-electron chi connectivity index (χ3n) is 6.83. The Kier molecular flexibility index (Phi) is 7.14. The van der Waals surface area contributed by atoms with Crippen LogP contribution in [0.4, 0.5) is 11.4 Å². The van der Waals surface area contributed by atoms with Crippen molar-refractivity contribution in [1.82, 2.24) is 0 Å². The minimum atomic E-state index is -0.704. The van der Waals surface area contributed by atoms with Crippen molar-refractivity contribution in [3.63, 3.8) is 0 Å². The minimum Gasteiger partial charge on any atom is -0.426 e. The second kappa shape index (κ2) is 10.1. The number of aryl methyl sites for hydroxylation is 3. The number of amides is 3. The van der Waals surface area contributed by atoms with Crippen LogP contribution in [0.3, 0.4) is 0 Å². The molecule has 0 bridgehead atoms. The molecule has 2 aliphatic heterocycles. The molecule has 3 amide bonds. The molecule has 2 heterocycles. The van der Waals surface area contributed by atoms with Gasteiger partial charge in [0.1, 0.15) is 5.75 Å². The quantitative estimate of drug-likeness (QED) is 0.105. The number of benzene rings is 3. The van der Waals surface area contributed by atoms with E-state index < -0.39 is 23.7 Å². The molecule has 200 valence electrons. The first-order valence-corrected chi connectivity index (χ1v) is 13.4. The molecular formula is C28H20Cl4N2O5. The third-order valence-corrected chi connectivity index (χ3v) is 8.63. The van der Waals surface area contributed by atoms with Gasteiger partial charge in [-0.1, -0.05) is 64.1 Å². The van der Waals surface area contributed by atoms with Gasteiger partial charge in [0, 0.05) is 18.7 Å². The predicted octanol–water partition coefficient (Wildman–Crippen LogP) is 6.98. The Bertz CT molecular complexity index is 1570. The molecule has 0 N–H and O–H groups in total. The highest BCUT2D eigenvalue weighted by molar-refractivity contribution is 6.56. The fraction of sp³-hybridized carbons (Fsp3) is 0.214. The van der Waals surface area contributed by atoms with Crippen LogP contribution in [-0.4, -0.2) is 30.2 Å². The fourth-order valence-electron chi connectivity index (χ4n) is 4.92. The van der Waals surface area contributed by atoms with E-state index in [1.807, 2.05) is 32.0 Å². The molecule has 0 saturated carbocycles. The maximum Gasteiger partial charge on any atom is 0.316 e. The number of imide groups is 1. The standard InChI is InChI=1S/C28H20Cl4N2O5/c1-12-4-6-17(13(2)8-12)33-11-15(10-19(33)35)28(38)39-16-5-7-18(14(3)9-16)34-26(36)20-21(27(34)37)23(30)25(32)24(31)22(20)29/h4-9,15H,10-11H2,1-3H3/t15-/m0/s1. The van der Waals surface area contributed by atoms with E-state index in [9.17, 15) is 19.2 Å². The van der Waals surface area contributed by atoms with Gasteiger partial charge in [0.25, 0.3) is 11.8 Å². The summed E-state index contributed by atoms with van der Waals surface area (Å²) in [6, 6.07) is 10.2. The van der Waals surface area contributed by atoms with Crippen molar-refractivity contribution in [2.24, 2.45) is 5.92 Å². The van der Waals surface area contributed by atoms with E-state index in [4.69, 9.17) is 51.1 Å². The maximum absolute atomic E-state index is 13.2. The summed E-state index contributed by atoms with van der Waals surface area (Å²) in [5, 5.41) is -0.562. The number of hydrogen-bond donors (Lipinski definition) is 0. The van der Waals surface area contributed by atoms with Gasteiger partial charge < -0.3 is 9.64 Å². The second-order valence-electron chi connectivity index (χ2n) is 9.52. The zero-order valence-electron chi connectivity index (χ0n) is 20.9. The van der Waals surface area contributed by atoms with E-state index in [-0.39, 0.29) is 61.5 Å². The van der Waals surface area contributed by atoms with Crippen LogP contribution in [0, 0.1) is 26.7 Å². The van der Waals surface area contributed by atoms with Gasteiger partial charge in [-0.15, -0.1) is 0 Å². The Morgan fingerprint density at radius 2 is 1.36 bits per heavy atom. The Labute approximate surface area is 244 Å². The van der Waals surface area contributed by atoms with Gasteiger partial charge in [-0.05, 0) is 56.2 Å². The summed E-state index contributed by atoms with van der Waals surface area (Å²) in [4.78, 5) is 54.5. The third kappa shape index (κ3) is 4.57. The fourth-order valence-corrected chi connectivity index (χ4v) is 5.93. The van der Waals surface area contributed by atoms with E-state index in [2.05, 4.69) is 0 Å². The topological polar surface area (TPSA) is 84.0 Å². The van der Waals surface area contributed by atoms with Crippen LogP contribution in [0.25, 0.3) is 0 Å². The van der Waals surface area contributed by atoms with Crippen LogP contribution in [0.15, 0.2) is 36.4 Å². The van der Waals surface area contributed by atoms with Gasteiger partial charge in [-0.2, -0.15) is 0 Å². The number of fused-ring (bicyclic) bond motifs is 1. The summed E-state index contributed by atoms with van der Waals surface area (Å²) < 4.78 is 5.58. The van der Waals surface area contributed by atoms with Crippen molar-refractivity contribution in [2.45, 2.75) is 27.2 Å². The smallest absolute Gasteiger partial charge is 0.316 e. The summed E-state index contributed by atoms with van der Waals surface area (Å²) in [5.41, 5.74) is 3.26. The highest BCUT2D eigenvalue weighted by Gasteiger charge is 2.43. The molecule has 0 aromatic heterocycles. The van der Waals surface area contributed by atoms with Crippen molar-refractivity contribution in [2.75, 3.05) is 16.3 Å². The molecular weight excluding hydrogens is 586 g/mol. The van der Waals surface area contributed by atoms with Crippen molar-refractivity contribution in [3.05, 3.63) is 84.3 Å². The predicted molar refractivity (Wildman–Crippen MR) is 151 cm³/mol. The molecule has 0 radical (unpaired) electrons. The monoisotopic (exact) mass is 604 g/mol. The highest BCUT2D eigenvalue weighted by atomic mass is 35.5. The lowest BCUT2D eigenvalue weighted by Crippen LogP contribution is -2.30. The van der Waals surface area contributed by atoms with Gasteiger partial charge >= 0.3 is 5.97 Å². The Morgan fingerprint density at radius 3 is 1.92 bits per heavy atom. The largest absolute Gasteiger partial charge is 0.426 e. The van der Waals surface area contributed by atoms with E-state index in [1.165, 1.54) is 18.2 Å². The molecule has 3 aromatic rings. The Balaban J connectivity index is 1.35. The summed E-state index contributed by atoms with van der Waals surface area (Å²) in [7, 11) is 0. The molecule has 1 atom stereocenters. The summed E-state index contributed by atoms with van der Waals surface area (Å²) in [6.07, 6.45) is 0.0326.